The average molecular weight is 259 g/mol. The molecule has 0 saturated carbocycles. The molecule has 1 aromatic carbocycles. The monoisotopic (exact) mass is 259 g/mol. The van der Waals surface area contributed by atoms with Crippen molar-refractivity contribution in [3.8, 4) is 0 Å². The Morgan fingerprint density at radius 2 is 1.67 bits per heavy atom. The van der Waals surface area contributed by atoms with Gasteiger partial charge in [-0.3, -0.25) is 0 Å². The molecule has 0 fully saturated rings. The second kappa shape index (κ2) is 6.77. The number of halogens is 1. The van der Waals surface area contributed by atoms with Crippen LogP contribution in [0.1, 0.15) is 11.7 Å². The first-order chi connectivity index (χ1) is 8.58. The third-order valence-corrected chi connectivity index (χ3v) is 2.84. The van der Waals surface area contributed by atoms with Gasteiger partial charge in [0.05, 0.1) is 31.5 Å². The van der Waals surface area contributed by atoms with E-state index in [-0.39, 0.29) is 12.1 Å². The lowest BCUT2D eigenvalue weighted by Gasteiger charge is -2.30. The first-order valence-electron chi connectivity index (χ1n) is 5.58. The molecule has 0 saturated heterocycles. The molecule has 18 heavy (non-hydrogen) atoms. The smallest absolute Gasteiger partial charge is 0.129 e. The second-order valence-electron chi connectivity index (χ2n) is 4.17. The molecule has 0 bridgehead atoms. The number of hydrogen-bond donors (Lipinski definition) is 5. The molecule has 0 heterocycles. The summed E-state index contributed by atoms with van der Waals surface area (Å²) in [6, 6.07) is 5.79. The zero-order valence-corrected chi connectivity index (χ0v) is 9.88. The highest BCUT2D eigenvalue weighted by atomic mass is 19.1. The van der Waals surface area contributed by atoms with Gasteiger partial charge < -0.3 is 25.7 Å². The van der Waals surface area contributed by atoms with Gasteiger partial charge in [-0.15, -0.1) is 0 Å². The van der Waals surface area contributed by atoms with Crippen LogP contribution in [0.2, 0.25) is 0 Å². The Morgan fingerprint density at radius 1 is 1.11 bits per heavy atom. The standard InChI is InChI=1S/C12H18FNO4/c13-10-4-2-1-3-9(10)11(18)5-14-12(6-15,7-16)8-17/h1-4,11,14-18H,5-8H2. The van der Waals surface area contributed by atoms with Crippen LogP contribution in [0.25, 0.3) is 0 Å². The number of rotatable bonds is 7. The molecular weight excluding hydrogens is 241 g/mol. The maximum absolute atomic E-state index is 13.4. The average Bonchev–Trinajstić information content (AvgIpc) is 2.41. The fourth-order valence-corrected chi connectivity index (χ4v) is 1.49. The molecule has 1 atom stereocenters. The Bertz CT molecular complexity index is 363. The Hall–Kier alpha value is -1.05. The van der Waals surface area contributed by atoms with Crippen molar-refractivity contribution in [2.24, 2.45) is 0 Å². The van der Waals surface area contributed by atoms with Gasteiger partial charge in [-0.1, -0.05) is 18.2 Å². The molecule has 5 nitrogen and oxygen atoms in total. The molecule has 1 rings (SSSR count). The third-order valence-electron chi connectivity index (χ3n) is 2.84. The zero-order chi connectivity index (χ0) is 13.6. The highest BCUT2D eigenvalue weighted by Gasteiger charge is 2.28. The van der Waals surface area contributed by atoms with Gasteiger partial charge in [0.25, 0.3) is 0 Å². The fourth-order valence-electron chi connectivity index (χ4n) is 1.49. The zero-order valence-electron chi connectivity index (χ0n) is 9.88. The highest BCUT2D eigenvalue weighted by molar-refractivity contribution is 5.20. The molecule has 1 unspecified atom stereocenters. The summed E-state index contributed by atoms with van der Waals surface area (Å²) < 4.78 is 13.4. The lowest BCUT2D eigenvalue weighted by atomic mass is 10.0. The van der Waals surface area contributed by atoms with Gasteiger partial charge in [0.15, 0.2) is 0 Å². The van der Waals surface area contributed by atoms with E-state index >= 15 is 0 Å². The van der Waals surface area contributed by atoms with Crippen LogP contribution in [0.15, 0.2) is 24.3 Å². The van der Waals surface area contributed by atoms with E-state index in [4.69, 9.17) is 15.3 Å². The van der Waals surface area contributed by atoms with E-state index in [9.17, 15) is 9.50 Å². The molecule has 0 amide bonds. The summed E-state index contributed by atoms with van der Waals surface area (Å²) in [5.74, 6) is -0.533. The van der Waals surface area contributed by atoms with Gasteiger partial charge in [0, 0.05) is 12.1 Å². The minimum absolute atomic E-state index is 0.0946. The van der Waals surface area contributed by atoms with Crippen LogP contribution in [0, 0.1) is 5.82 Å². The Balaban J connectivity index is 2.66. The van der Waals surface area contributed by atoms with Gasteiger partial charge in [-0.25, -0.2) is 4.39 Å². The van der Waals surface area contributed by atoms with Crippen molar-refractivity contribution in [1.29, 1.82) is 0 Å². The lowest BCUT2D eigenvalue weighted by molar-refractivity contribution is 0.0319. The lowest BCUT2D eigenvalue weighted by Crippen LogP contribution is -2.55. The maximum Gasteiger partial charge on any atom is 0.129 e. The van der Waals surface area contributed by atoms with E-state index in [1.54, 1.807) is 6.07 Å². The van der Waals surface area contributed by atoms with E-state index in [2.05, 4.69) is 5.32 Å². The van der Waals surface area contributed by atoms with Gasteiger partial charge in [-0.05, 0) is 6.07 Å². The maximum atomic E-state index is 13.4. The summed E-state index contributed by atoms with van der Waals surface area (Å²) in [6.45, 7) is -1.58. The van der Waals surface area contributed by atoms with Crippen molar-refractivity contribution in [2.75, 3.05) is 26.4 Å². The molecular formula is C12H18FNO4. The SMILES string of the molecule is OCC(CO)(CO)NCC(O)c1ccccc1F. The summed E-state index contributed by atoms with van der Waals surface area (Å²) >= 11 is 0. The minimum atomic E-state index is -1.29. The summed E-state index contributed by atoms with van der Waals surface area (Å²) in [6.07, 6.45) is -1.13. The number of aliphatic hydroxyl groups excluding tert-OH is 4. The van der Waals surface area contributed by atoms with Crippen molar-refractivity contribution >= 4 is 0 Å². The molecule has 1 aromatic rings. The topological polar surface area (TPSA) is 93.0 Å². The van der Waals surface area contributed by atoms with E-state index in [0.717, 1.165) is 0 Å². The molecule has 0 spiro atoms. The number of nitrogens with one attached hydrogen (secondary N) is 1. The van der Waals surface area contributed by atoms with E-state index in [0.29, 0.717) is 0 Å². The third kappa shape index (κ3) is 3.47. The van der Waals surface area contributed by atoms with Gasteiger partial charge in [0.1, 0.15) is 5.82 Å². The van der Waals surface area contributed by atoms with Gasteiger partial charge in [-0.2, -0.15) is 0 Å². The molecule has 0 aliphatic rings. The van der Waals surface area contributed by atoms with Crippen LogP contribution in [0.4, 0.5) is 4.39 Å². The number of β-amino-alcohol motifs (C(OH)–C–C–N with tert-alkyl or cyclic N) is 1. The first-order valence-corrected chi connectivity index (χ1v) is 5.58. The van der Waals surface area contributed by atoms with Crippen LogP contribution in [0.5, 0.6) is 0 Å². The van der Waals surface area contributed by atoms with Crippen molar-refractivity contribution < 1.29 is 24.8 Å². The summed E-state index contributed by atoms with van der Waals surface area (Å²) in [4.78, 5) is 0. The van der Waals surface area contributed by atoms with Crippen LogP contribution >= 0.6 is 0 Å². The van der Waals surface area contributed by atoms with E-state index in [1.807, 2.05) is 0 Å². The predicted molar refractivity (Wildman–Crippen MR) is 63.4 cm³/mol. The molecule has 0 aliphatic carbocycles. The van der Waals surface area contributed by atoms with E-state index in [1.165, 1.54) is 18.2 Å². The van der Waals surface area contributed by atoms with Crippen LogP contribution in [-0.4, -0.2) is 52.3 Å². The number of benzene rings is 1. The molecule has 0 aliphatic heterocycles. The Morgan fingerprint density at radius 3 is 2.17 bits per heavy atom. The molecule has 6 heteroatoms. The normalized spacial score (nSPS) is 13.6. The predicted octanol–water partition coefficient (Wildman–Crippen LogP) is -0.836. The van der Waals surface area contributed by atoms with Crippen molar-refractivity contribution in [2.45, 2.75) is 11.6 Å². The Labute approximate surface area is 105 Å². The van der Waals surface area contributed by atoms with Crippen LogP contribution < -0.4 is 5.32 Å². The summed E-state index contributed by atoms with van der Waals surface area (Å²) in [5.41, 5.74) is -1.17. The summed E-state index contributed by atoms with van der Waals surface area (Å²) in [5, 5.41) is 39.7. The van der Waals surface area contributed by atoms with Gasteiger partial charge in [0.2, 0.25) is 0 Å². The number of hydrogen-bond acceptors (Lipinski definition) is 5. The van der Waals surface area contributed by atoms with Crippen molar-refractivity contribution in [3.63, 3.8) is 0 Å². The molecule has 5 N–H and O–H groups in total. The van der Waals surface area contributed by atoms with Crippen LogP contribution in [-0.2, 0) is 0 Å². The second-order valence-corrected chi connectivity index (χ2v) is 4.17. The highest BCUT2D eigenvalue weighted by Crippen LogP contribution is 2.16. The van der Waals surface area contributed by atoms with Crippen LogP contribution in [0.3, 0.4) is 0 Å². The number of aliphatic hydroxyl groups is 4. The fraction of sp³-hybridized carbons (Fsp3) is 0.500. The minimum Gasteiger partial charge on any atom is -0.394 e. The summed E-state index contributed by atoms with van der Waals surface area (Å²) in [7, 11) is 0. The largest absolute Gasteiger partial charge is 0.394 e. The van der Waals surface area contributed by atoms with Gasteiger partial charge >= 0.3 is 0 Å². The van der Waals surface area contributed by atoms with E-state index < -0.39 is 37.3 Å². The molecule has 0 aromatic heterocycles. The first kappa shape index (κ1) is 15.0. The molecule has 0 radical (unpaired) electrons. The van der Waals surface area contributed by atoms with Crippen molar-refractivity contribution in [3.05, 3.63) is 35.6 Å². The quantitative estimate of drug-likeness (QED) is 0.440. The molecule has 102 valence electrons. The Kier molecular flexibility index (Phi) is 5.64. The van der Waals surface area contributed by atoms with Crippen molar-refractivity contribution in [1.82, 2.24) is 5.32 Å².